The molecule has 0 bridgehead atoms. The molecule has 1 aromatic carbocycles. The number of likely N-dealkylation sites (tertiary alicyclic amines) is 1. The van der Waals surface area contributed by atoms with Gasteiger partial charge >= 0.3 is 5.97 Å². The minimum absolute atomic E-state index is 0. The van der Waals surface area contributed by atoms with Crippen LogP contribution in [0.25, 0.3) is 0 Å². The summed E-state index contributed by atoms with van der Waals surface area (Å²) in [6.45, 7) is 4.69. The van der Waals surface area contributed by atoms with Crippen molar-refractivity contribution in [1.29, 1.82) is 0 Å². The lowest BCUT2D eigenvalue weighted by atomic mass is 9.97. The summed E-state index contributed by atoms with van der Waals surface area (Å²) in [6, 6.07) is 6.78. The van der Waals surface area contributed by atoms with Gasteiger partial charge in [-0.1, -0.05) is 12.1 Å². The Labute approximate surface area is 190 Å². The van der Waals surface area contributed by atoms with Crippen molar-refractivity contribution in [2.75, 3.05) is 40.8 Å². The summed E-state index contributed by atoms with van der Waals surface area (Å²) in [5.74, 6) is 0.612. The number of ether oxygens (including phenoxy) is 1. The third-order valence-electron chi connectivity index (χ3n) is 4.78. The Morgan fingerprint density at radius 1 is 1.24 bits per heavy atom. The first-order chi connectivity index (χ1) is 13.3. The van der Waals surface area contributed by atoms with E-state index in [0.29, 0.717) is 6.54 Å². The van der Waals surface area contributed by atoms with Gasteiger partial charge in [0.15, 0.2) is 5.96 Å². The summed E-state index contributed by atoms with van der Waals surface area (Å²) in [5.41, 5.74) is 0.928. The lowest BCUT2D eigenvalue weighted by Crippen LogP contribution is -2.46. The van der Waals surface area contributed by atoms with Gasteiger partial charge < -0.3 is 15.0 Å². The maximum Gasteiger partial charge on any atom is 0.308 e. The normalized spacial score (nSPS) is 15.8. The molecule has 0 spiro atoms. The van der Waals surface area contributed by atoms with Gasteiger partial charge in [-0.05, 0) is 37.5 Å². The molecule has 0 amide bonds. The molecule has 1 saturated heterocycles. The molecule has 1 fully saturated rings. The molecule has 1 aliphatic rings. The topological polar surface area (TPSA) is 91.3 Å². The van der Waals surface area contributed by atoms with Gasteiger partial charge in [0.25, 0.3) is 0 Å². The van der Waals surface area contributed by atoms with Crippen LogP contribution in [0.2, 0.25) is 0 Å². The molecular weight excluding hydrogens is 507 g/mol. The number of rotatable bonds is 6. The van der Waals surface area contributed by atoms with Crippen LogP contribution in [0.5, 0.6) is 0 Å². The van der Waals surface area contributed by atoms with Crippen LogP contribution in [0, 0.1) is 5.92 Å². The van der Waals surface area contributed by atoms with Gasteiger partial charge in [0, 0.05) is 33.7 Å². The van der Waals surface area contributed by atoms with E-state index in [1.807, 2.05) is 6.92 Å². The number of benzene rings is 1. The highest BCUT2D eigenvalue weighted by Crippen LogP contribution is 2.19. The van der Waals surface area contributed by atoms with Crippen molar-refractivity contribution in [3.8, 4) is 0 Å². The van der Waals surface area contributed by atoms with Crippen LogP contribution in [0.4, 0.5) is 0 Å². The SMILES string of the molecule is CCNC(=NCc1ccc(S(=O)(=O)N(C)C)cc1)N1CCC(C(=O)OC)CC1.I. The van der Waals surface area contributed by atoms with Crippen LogP contribution in [0.1, 0.15) is 25.3 Å². The molecule has 1 aliphatic heterocycles. The molecule has 0 atom stereocenters. The van der Waals surface area contributed by atoms with Crippen molar-refractivity contribution in [1.82, 2.24) is 14.5 Å². The summed E-state index contributed by atoms with van der Waals surface area (Å²) in [5, 5.41) is 3.29. The minimum Gasteiger partial charge on any atom is -0.469 e. The van der Waals surface area contributed by atoms with Crippen LogP contribution in [-0.2, 0) is 26.1 Å². The maximum atomic E-state index is 12.1. The Morgan fingerprint density at radius 2 is 1.83 bits per heavy atom. The number of carbonyl (C=O) groups is 1. The van der Waals surface area contributed by atoms with Gasteiger partial charge in [0.05, 0.1) is 24.5 Å². The number of nitrogens with zero attached hydrogens (tertiary/aromatic N) is 3. The second kappa shape index (κ2) is 11.7. The van der Waals surface area contributed by atoms with E-state index in [9.17, 15) is 13.2 Å². The Bertz CT molecular complexity index is 789. The number of aliphatic imine (C=N–C) groups is 1. The number of methoxy groups -OCH3 is 1. The predicted octanol–water partition coefficient (Wildman–Crippen LogP) is 1.91. The smallest absolute Gasteiger partial charge is 0.308 e. The second-order valence-electron chi connectivity index (χ2n) is 6.89. The Hall–Kier alpha value is -1.40. The zero-order chi connectivity index (χ0) is 20.7. The molecule has 1 N–H and O–H groups in total. The molecule has 2 rings (SSSR count). The van der Waals surface area contributed by atoms with Gasteiger partial charge in [-0.3, -0.25) is 4.79 Å². The van der Waals surface area contributed by atoms with E-state index < -0.39 is 10.0 Å². The summed E-state index contributed by atoms with van der Waals surface area (Å²) < 4.78 is 30.3. The van der Waals surface area contributed by atoms with Crippen molar-refractivity contribution in [2.45, 2.75) is 31.2 Å². The molecular formula is C19H31IN4O4S. The summed E-state index contributed by atoms with van der Waals surface area (Å²) in [4.78, 5) is 18.8. The summed E-state index contributed by atoms with van der Waals surface area (Å²) in [6.07, 6.45) is 1.49. The van der Waals surface area contributed by atoms with Gasteiger partial charge in [-0.25, -0.2) is 17.7 Å². The van der Waals surface area contributed by atoms with Gasteiger partial charge in [0.2, 0.25) is 10.0 Å². The zero-order valence-electron chi connectivity index (χ0n) is 17.4. The number of piperidine rings is 1. The maximum absolute atomic E-state index is 12.1. The number of nitrogens with one attached hydrogen (secondary N) is 1. The third kappa shape index (κ3) is 6.82. The van der Waals surface area contributed by atoms with Crippen molar-refractivity contribution in [3.05, 3.63) is 29.8 Å². The van der Waals surface area contributed by atoms with E-state index in [-0.39, 0.29) is 40.8 Å². The predicted molar refractivity (Wildman–Crippen MR) is 124 cm³/mol. The number of halogens is 1. The molecule has 10 heteroatoms. The molecule has 0 radical (unpaired) electrons. The zero-order valence-corrected chi connectivity index (χ0v) is 20.6. The molecule has 1 aromatic rings. The van der Waals surface area contributed by atoms with Crippen molar-refractivity contribution >= 4 is 45.9 Å². The number of hydrogen-bond acceptors (Lipinski definition) is 5. The molecule has 29 heavy (non-hydrogen) atoms. The number of carbonyl (C=O) groups excluding carboxylic acids is 1. The fourth-order valence-electron chi connectivity index (χ4n) is 3.06. The van der Waals surface area contributed by atoms with Crippen LogP contribution in [-0.4, -0.2) is 70.4 Å². The first-order valence-electron chi connectivity index (χ1n) is 9.42. The Kier molecular flexibility index (Phi) is 10.3. The van der Waals surface area contributed by atoms with Crippen LogP contribution < -0.4 is 5.32 Å². The summed E-state index contributed by atoms with van der Waals surface area (Å²) >= 11 is 0. The van der Waals surface area contributed by atoms with Crippen molar-refractivity contribution in [2.24, 2.45) is 10.9 Å². The number of esters is 1. The monoisotopic (exact) mass is 538 g/mol. The molecule has 0 saturated carbocycles. The average molecular weight is 538 g/mol. The standard InChI is InChI=1S/C19H30N4O4S.HI/c1-5-20-19(23-12-10-16(11-13-23)18(24)27-4)21-14-15-6-8-17(9-7-15)28(25,26)22(2)3;/h6-9,16H,5,10-14H2,1-4H3,(H,20,21);1H. The first-order valence-corrected chi connectivity index (χ1v) is 10.9. The van der Waals surface area contributed by atoms with Crippen LogP contribution in [0.15, 0.2) is 34.2 Å². The molecule has 1 heterocycles. The lowest BCUT2D eigenvalue weighted by molar-refractivity contribution is -0.146. The van der Waals surface area contributed by atoms with Gasteiger partial charge in [0.1, 0.15) is 0 Å². The average Bonchev–Trinajstić information content (AvgIpc) is 2.70. The quantitative estimate of drug-likeness (QED) is 0.258. The van der Waals surface area contributed by atoms with E-state index in [0.717, 1.165) is 44.0 Å². The van der Waals surface area contributed by atoms with E-state index in [1.54, 1.807) is 24.3 Å². The molecule has 8 nitrogen and oxygen atoms in total. The Balaban J connectivity index is 0.00000420. The lowest BCUT2D eigenvalue weighted by Gasteiger charge is -2.33. The first kappa shape index (κ1) is 25.6. The third-order valence-corrected chi connectivity index (χ3v) is 6.61. The largest absolute Gasteiger partial charge is 0.469 e. The number of sulfonamides is 1. The van der Waals surface area contributed by atoms with Crippen LogP contribution in [0.3, 0.4) is 0 Å². The molecule has 0 unspecified atom stereocenters. The highest BCUT2D eigenvalue weighted by Gasteiger charge is 2.27. The van der Waals surface area contributed by atoms with E-state index in [1.165, 1.54) is 25.5 Å². The van der Waals surface area contributed by atoms with Crippen molar-refractivity contribution in [3.63, 3.8) is 0 Å². The van der Waals surface area contributed by atoms with Crippen LogP contribution >= 0.6 is 24.0 Å². The second-order valence-corrected chi connectivity index (χ2v) is 9.04. The number of guanidine groups is 1. The fraction of sp³-hybridized carbons (Fsp3) is 0.579. The summed E-state index contributed by atoms with van der Waals surface area (Å²) in [7, 11) is 1.03. The molecule has 0 aromatic heterocycles. The van der Waals surface area contributed by atoms with E-state index in [2.05, 4.69) is 15.2 Å². The highest BCUT2D eigenvalue weighted by molar-refractivity contribution is 14.0. The molecule has 0 aliphatic carbocycles. The highest BCUT2D eigenvalue weighted by atomic mass is 127. The van der Waals surface area contributed by atoms with Crippen molar-refractivity contribution < 1.29 is 17.9 Å². The Morgan fingerprint density at radius 3 is 2.31 bits per heavy atom. The van der Waals surface area contributed by atoms with E-state index in [4.69, 9.17) is 4.74 Å². The van der Waals surface area contributed by atoms with E-state index >= 15 is 0 Å². The van der Waals surface area contributed by atoms with Gasteiger partial charge in [-0.15, -0.1) is 24.0 Å². The minimum atomic E-state index is -3.43. The molecule has 164 valence electrons. The van der Waals surface area contributed by atoms with Gasteiger partial charge in [-0.2, -0.15) is 0 Å². The fourth-order valence-corrected chi connectivity index (χ4v) is 3.96. The number of hydrogen-bond donors (Lipinski definition) is 1.